The molecule has 0 aromatic heterocycles. The summed E-state index contributed by atoms with van der Waals surface area (Å²) >= 11 is 0. The first-order valence-corrected chi connectivity index (χ1v) is 9.65. The molecular formula is C24H21F4NO2. The predicted octanol–water partition coefficient (Wildman–Crippen LogP) is 7.37. The van der Waals surface area contributed by atoms with Gasteiger partial charge in [0.25, 0.3) is 0 Å². The molecule has 3 aromatic carbocycles. The summed E-state index contributed by atoms with van der Waals surface area (Å²) in [7, 11) is 0. The Kier molecular flexibility index (Phi) is 6.24. The van der Waals surface area contributed by atoms with E-state index in [-0.39, 0.29) is 28.3 Å². The fourth-order valence-corrected chi connectivity index (χ4v) is 3.15. The van der Waals surface area contributed by atoms with Crippen molar-refractivity contribution in [1.29, 1.82) is 0 Å². The van der Waals surface area contributed by atoms with Crippen LogP contribution in [0.2, 0.25) is 0 Å². The Morgan fingerprint density at radius 2 is 1.52 bits per heavy atom. The van der Waals surface area contributed by atoms with Crippen LogP contribution in [-0.4, -0.2) is 6.29 Å². The van der Waals surface area contributed by atoms with Gasteiger partial charge in [-0.05, 0) is 60.5 Å². The van der Waals surface area contributed by atoms with Gasteiger partial charge in [0.2, 0.25) is 0 Å². The Morgan fingerprint density at radius 1 is 0.871 bits per heavy atom. The molecule has 3 nitrogen and oxygen atoms in total. The number of aryl methyl sites for hydroxylation is 1. The standard InChI is InChI=1S/C22H15F4NO2.C2H6/c1-12-9-20-21(29-22(25,26)28-20)11-17(12)16-8-7-14(10-19(16)24)27-13(2)15-5-3-4-6-18(15)23;1-2/h3-11,27H,2H2,1H3;1-2H3. The van der Waals surface area contributed by atoms with E-state index in [0.29, 0.717) is 16.8 Å². The zero-order chi connectivity index (χ0) is 22.8. The van der Waals surface area contributed by atoms with Crippen LogP contribution < -0.4 is 14.8 Å². The van der Waals surface area contributed by atoms with Gasteiger partial charge in [-0.3, -0.25) is 0 Å². The molecule has 3 aromatic rings. The number of anilines is 1. The maximum absolute atomic E-state index is 14.8. The van der Waals surface area contributed by atoms with Gasteiger partial charge >= 0.3 is 6.29 Å². The average Bonchev–Trinajstić information content (AvgIpc) is 3.02. The van der Waals surface area contributed by atoms with Crippen LogP contribution in [0, 0.1) is 18.6 Å². The van der Waals surface area contributed by atoms with Crippen LogP contribution in [-0.2, 0) is 0 Å². The highest BCUT2D eigenvalue weighted by Gasteiger charge is 2.43. The minimum Gasteiger partial charge on any atom is -0.395 e. The van der Waals surface area contributed by atoms with Gasteiger partial charge in [0.15, 0.2) is 11.5 Å². The van der Waals surface area contributed by atoms with Crippen molar-refractivity contribution in [3.8, 4) is 22.6 Å². The molecule has 0 spiro atoms. The number of benzene rings is 3. The first-order chi connectivity index (χ1) is 14.7. The van der Waals surface area contributed by atoms with Crippen molar-refractivity contribution in [2.45, 2.75) is 27.1 Å². The fourth-order valence-electron chi connectivity index (χ4n) is 3.15. The lowest BCUT2D eigenvalue weighted by molar-refractivity contribution is -0.286. The Morgan fingerprint density at radius 3 is 2.16 bits per heavy atom. The van der Waals surface area contributed by atoms with Crippen molar-refractivity contribution in [2.24, 2.45) is 0 Å². The Labute approximate surface area is 177 Å². The number of hydrogen-bond acceptors (Lipinski definition) is 3. The lowest BCUT2D eigenvalue weighted by Crippen LogP contribution is -2.25. The van der Waals surface area contributed by atoms with Crippen molar-refractivity contribution in [3.05, 3.63) is 83.9 Å². The van der Waals surface area contributed by atoms with Crippen molar-refractivity contribution in [2.75, 3.05) is 5.32 Å². The number of ether oxygens (including phenoxy) is 2. The summed E-state index contributed by atoms with van der Waals surface area (Å²) in [5.74, 6) is -1.30. The first kappa shape index (κ1) is 22.2. The first-order valence-electron chi connectivity index (χ1n) is 9.65. The van der Waals surface area contributed by atoms with E-state index in [1.165, 1.54) is 30.3 Å². The molecule has 1 aliphatic rings. The van der Waals surface area contributed by atoms with E-state index >= 15 is 0 Å². The smallest absolute Gasteiger partial charge is 0.395 e. The van der Waals surface area contributed by atoms with Crippen LogP contribution in [0.25, 0.3) is 16.8 Å². The number of hydrogen-bond donors (Lipinski definition) is 1. The molecule has 162 valence electrons. The lowest BCUT2D eigenvalue weighted by atomic mass is 9.99. The van der Waals surface area contributed by atoms with Crippen LogP contribution in [0.3, 0.4) is 0 Å². The van der Waals surface area contributed by atoms with Gasteiger partial charge < -0.3 is 14.8 Å². The molecular weight excluding hydrogens is 410 g/mol. The van der Waals surface area contributed by atoms with E-state index in [1.54, 1.807) is 31.2 Å². The van der Waals surface area contributed by atoms with Crippen LogP contribution in [0.15, 0.2) is 61.2 Å². The molecule has 0 unspecified atom stereocenters. The third-order valence-electron chi connectivity index (χ3n) is 4.50. The predicted molar refractivity (Wildman–Crippen MR) is 113 cm³/mol. The normalized spacial score (nSPS) is 13.3. The molecule has 0 saturated carbocycles. The molecule has 31 heavy (non-hydrogen) atoms. The Balaban J connectivity index is 0.00000132. The average molecular weight is 431 g/mol. The zero-order valence-electron chi connectivity index (χ0n) is 17.2. The molecule has 0 atom stereocenters. The molecule has 7 heteroatoms. The minimum absolute atomic E-state index is 0.101. The second kappa shape index (κ2) is 8.71. The topological polar surface area (TPSA) is 30.5 Å². The molecule has 0 radical (unpaired) electrons. The van der Waals surface area contributed by atoms with Gasteiger partial charge in [-0.25, -0.2) is 8.78 Å². The van der Waals surface area contributed by atoms with E-state index in [0.717, 1.165) is 0 Å². The van der Waals surface area contributed by atoms with Crippen molar-refractivity contribution in [1.82, 2.24) is 0 Å². The van der Waals surface area contributed by atoms with E-state index in [4.69, 9.17) is 0 Å². The van der Waals surface area contributed by atoms with Crippen LogP contribution >= 0.6 is 0 Å². The highest BCUT2D eigenvalue weighted by Crippen LogP contribution is 2.45. The second-order valence-corrected chi connectivity index (χ2v) is 6.56. The van der Waals surface area contributed by atoms with E-state index in [9.17, 15) is 17.6 Å². The van der Waals surface area contributed by atoms with Gasteiger partial charge in [0, 0.05) is 22.5 Å². The SMILES string of the molecule is C=C(Nc1ccc(-c2cc3c(cc2C)OC(F)(F)O3)c(F)c1)c1ccccc1F.CC. The number of nitrogens with one attached hydrogen (secondary N) is 1. The summed E-state index contributed by atoms with van der Waals surface area (Å²) in [6.07, 6.45) is -3.74. The Hall–Kier alpha value is -3.48. The maximum atomic E-state index is 14.8. The summed E-state index contributed by atoms with van der Waals surface area (Å²) in [4.78, 5) is 0. The molecule has 0 amide bonds. The lowest BCUT2D eigenvalue weighted by Gasteiger charge is -2.13. The molecule has 1 N–H and O–H groups in total. The van der Waals surface area contributed by atoms with Gasteiger partial charge in [-0.2, -0.15) is 0 Å². The number of halogens is 4. The summed E-state index contributed by atoms with van der Waals surface area (Å²) in [5.41, 5.74) is 2.04. The van der Waals surface area contributed by atoms with Crippen molar-refractivity contribution < 1.29 is 27.0 Å². The van der Waals surface area contributed by atoms with Gasteiger partial charge in [-0.15, -0.1) is 8.78 Å². The minimum atomic E-state index is -3.74. The zero-order valence-corrected chi connectivity index (χ0v) is 17.2. The van der Waals surface area contributed by atoms with E-state index in [1.807, 2.05) is 13.8 Å². The second-order valence-electron chi connectivity index (χ2n) is 6.56. The molecule has 4 rings (SSSR count). The monoisotopic (exact) mass is 431 g/mol. The van der Waals surface area contributed by atoms with Crippen LogP contribution in [0.4, 0.5) is 23.2 Å². The maximum Gasteiger partial charge on any atom is 0.586 e. The highest BCUT2D eigenvalue weighted by molar-refractivity contribution is 5.78. The molecule has 1 aliphatic heterocycles. The molecule has 0 bridgehead atoms. The van der Waals surface area contributed by atoms with Crippen molar-refractivity contribution in [3.63, 3.8) is 0 Å². The van der Waals surface area contributed by atoms with E-state index < -0.39 is 17.9 Å². The summed E-state index contributed by atoms with van der Waals surface area (Å²) in [5, 5.41) is 2.87. The van der Waals surface area contributed by atoms with Gasteiger partial charge in [0.1, 0.15) is 11.6 Å². The van der Waals surface area contributed by atoms with Gasteiger partial charge in [-0.1, -0.05) is 32.6 Å². The number of alkyl halides is 2. The molecule has 0 aliphatic carbocycles. The highest BCUT2D eigenvalue weighted by atomic mass is 19.3. The molecule has 0 fully saturated rings. The van der Waals surface area contributed by atoms with Gasteiger partial charge in [0.05, 0.1) is 0 Å². The van der Waals surface area contributed by atoms with Crippen LogP contribution in [0.1, 0.15) is 25.0 Å². The summed E-state index contributed by atoms with van der Waals surface area (Å²) < 4.78 is 64.0. The third kappa shape index (κ3) is 4.66. The van der Waals surface area contributed by atoms with E-state index in [2.05, 4.69) is 21.4 Å². The molecule has 0 saturated heterocycles. The van der Waals surface area contributed by atoms with Crippen LogP contribution in [0.5, 0.6) is 11.5 Å². The quantitative estimate of drug-likeness (QED) is 0.438. The number of fused-ring (bicyclic) bond motifs is 1. The molecule has 1 heterocycles. The largest absolute Gasteiger partial charge is 0.586 e. The summed E-state index contributed by atoms with van der Waals surface area (Å²) in [6.45, 7) is 9.44. The third-order valence-corrected chi connectivity index (χ3v) is 4.50. The van der Waals surface area contributed by atoms with Crippen molar-refractivity contribution >= 4 is 11.4 Å². The fraction of sp³-hybridized carbons (Fsp3) is 0.167. The number of rotatable bonds is 4. The summed E-state index contributed by atoms with van der Waals surface area (Å²) in [6, 6.07) is 13.1. The Bertz CT molecular complexity index is 1130.